The molecule has 0 aromatic carbocycles. The molecule has 5 nitrogen and oxygen atoms in total. The van der Waals surface area contributed by atoms with Crippen LogP contribution in [0.5, 0.6) is 0 Å². The zero-order valence-electron chi connectivity index (χ0n) is 14.8. The average molecular weight is 338 g/mol. The van der Waals surface area contributed by atoms with E-state index in [1.165, 1.54) is 30.8 Å². The number of thiazole rings is 1. The fraction of sp³-hybridized carbons (Fsp3) is 0.765. The van der Waals surface area contributed by atoms with Gasteiger partial charge in [0.15, 0.2) is 5.96 Å². The van der Waals surface area contributed by atoms with Crippen LogP contribution in [0.3, 0.4) is 0 Å². The van der Waals surface area contributed by atoms with Gasteiger partial charge >= 0.3 is 0 Å². The molecule has 2 rings (SSSR count). The number of guanidine groups is 1. The van der Waals surface area contributed by atoms with Gasteiger partial charge in [0, 0.05) is 37.3 Å². The summed E-state index contributed by atoms with van der Waals surface area (Å²) in [5.74, 6) is 1.73. The third-order valence-electron chi connectivity index (χ3n) is 4.13. The minimum absolute atomic E-state index is 0.654. The third-order valence-corrected chi connectivity index (χ3v) is 5.25. The topological polar surface area (TPSA) is 52.6 Å². The molecule has 1 aromatic heterocycles. The Labute approximate surface area is 144 Å². The number of aryl methyl sites for hydroxylation is 1. The molecular formula is C17H31N5S. The van der Waals surface area contributed by atoms with E-state index in [1.54, 1.807) is 11.3 Å². The molecule has 23 heavy (non-hydrogen) atoms. The van der Waals surface area contributed by atoms with Gasteiger partial charge in [-0.2, -0.15) is 0 Å². The maximum Gasteiger partial charge on any atom is 0.191 e. The lowest BCUT2D eigenvalue weighted by atomic mass is 10.0. The van der Waals surface area contributed by atoms with Crippen molar-refractivity contribution >= 4 is 17.3 Å². The third kappa shape index (κ3) is 6.47. The van der Waals surface area contributed by atoms with Gasteiger partial charge in [0.2, 0.25) is 0 Å². The van der Waals surface area contributed by atoms with Crippen LogP contribution in [0.2, 0.25) is 0 Å². The van der Waals surface area contributed by atoms with Gasteiger partial charge in [-0.25, -0.2) is 9.98 Å². The summed E-state index contributed by atoms with van der Waals surface area (Å²) >= 11 is 1.76. The van der Waals surface area contributed by atoms with E-state index in [0.717, 1.165) is 42.9 Å². The SMILES string of the molecule is CCNC(=NCc1ncc(CC)s1)NCCN1CCCC(C)C1. The predicted molar refractivity (Wildman–Crippen MR) is 99.1 cm³/mol. The summed E-state index contributed by atoms with van der Waals surface area (Å²) < 4.78 is 0. The molecule has 1 atom stereocenters. The van der Waals surface area contributed by atoms with Crippen molar-refractivity contribution in [3.05, 3.63) is 16.1 Å². The molecule has 1 fully saturated rings. The second-order valence-electron chi connectivity index (χ2n) is 6.24. The molecule has 0 bridgehead atoms. The van der Waals surface area contributed by atoms with E-state index in [9.17, 15) is 0 Å². The molecule has 130 valence electrons. The number of likely N-dealkylation sites (tertiary alicyclic amines) is 1. The summed E-state index contributed by atoms with van der Waals surface area (Å²) in [6.45, 7) is 12.6. The van der Waals surface area contributed by atoms with E-state index in [2.05, 4.69) is 46.3 Å². The summed E-state index contributed by atoms with van der Waals surface area (Å²) in [6.07, 6.45) is 5.72. The van der Waals surface area contributed by atoms with Crippen molar-refractivity contribution in [3.8, 4) is 0 Å². The van der Waals surface area contributed by atoms with Crippen molar-refractivity contribution in [3.63, 3.8) is 0 Å². The fourth-order valence-electron chi connectivity index (χ4n) is 2.90. The molecule has 0 saturated carbocycles. The van der Waals surface area contributed by atoms with Crippen molar-refractivity contribution in [2.24, 2.45) is 10.9 Å². The Morgan fingerprint density at radius 1 is 1.43 bits per heavy atom. The second-order valence-corrected chi connectivity index (χ2v) is 7.44. The molecular weight excluding hydrogens is 306 g/mol. The lowest BCUT2D eigenvalue weighted by Crippen LogP contribution is -2.43. The molecule has 6 heteroatoms. The van der Waals surface area contributed by atoms with Gasteiger partial charge in [-0.05, 0) is 38.6 Å². The highest BCUT2D eigenvalue weighted by Crippen LogP contribution is 2.15. The van der Waals surface area contributed by atoms with Crippen LogP contribution in [0.15, 0.2) is 11.2 Å². The van der Waals surface area contributed by atoms with E-state index in [4.69, 9.17) is 0 Å². The molecule has 0 amide bonds. The second kappa shape index (κ2) is 9.88. The maximum atomic E-state index is 4.65. The van der Waals surface area contributed by atoms with Crippen molar-refractivity contribution < 1.29 is 0 Å². The Morgan fingerprint density at radius 2 is 2.30 bits per heavy atom. The fourth-order valence-corrected chi connectivity index (χ4v) is 3.68. The van der Waals surface area contributed by atoms with Crippen LogP contribution < -0.4 is 10.6 Å². The summed E-state index contributed by atoms with van der Waals surface area (Å²) in [5.41, 5.74) is 0. The Bertz CT molecular complexity index is 485. The molecule has 1 aliphatic rings. The van der Waals surface area contributed by atoms with Gasteiger partial charge < -0.3 is 15.5 Å². The first-order chi connectivity index (χ1) is 11.2. The molecule has 1 aliphatic heterocycles. The van der Waals surface area contributed by atoms with Gasteiger partial charge in [-0.3, -0.25) is 0 Å². The van der Waals surface area contributed by atoms with Gasteiger partial charge in [0.05, 0.1) is 6.54 Å². The molecule has 0 spiro atoms. The van der Waals surface area contributed by atoms with Crippen molar-refractivity contribution in [1.82, 2.24) is 20.5 Å². The van der Waals surface area contributed by atoms with E-state index < -0.39 is 0 Å². The van der Waals surface area contributed by atoms with Crippen molar-refractivity contribution in [1.29, 1.82) is 0 Å². The number of aliphatic imine (C=N–C) groups is 1. The van der Waals surface area contributed by atoms with E-state index >= 15 is 0 Å². The highest BCUT2D eigenvalue weighted by molar-refractivity contribution is 7.11. The maximum absolute atomic E-state index is 4.65. The first-order valence-corrected chi connectivity index (χ1v) is 9.71. The zero-order chi connectivity index (χ0) is 16.5. The average Bonchev–Trinajstić information content (AvgIpc) is 3.01. The number of rotatable bonds is 7. The van der Waals surface area contributed by atoms with Gasteiger partial charge in [-0.15, -0.1) is 11.3 Å². The van der Waals surface area contributed by atoms with Crippen LogP contribution in [0.25, 0.3) is 0 Å². The molecule has 0 aliphatic carbocycles. The Balaban J connectivity index is 1.77. The highest BCUT2D eigenvalue weighted by atomic mass is 32.1. The van der Waals surface area contributed by atoms with Crippen LogP contribution in [0.4, 0.5) is 0 Å². The first-order valence-electron chi connectivity index (χ1n) is 8.89. The lowest BCUT2D eigenvalue weighted by molar-refractivity contribution is 0.187. The largest absolute Gasteiger partial charge is 0.357 e. The summed E-state index contributed by atoms with van der Waals surface area (Å²) in [4.78, 5) is 13.0. The Morgan fingerprint density at radius 3 is 3.00 bits per heavy atom. The number of nitrogens with zero attached hydrogens (tertiary/aromatic N) is 3. The van der Waals surface area contributed by atoms with Crippen LogP contribution in [-0.2, 0) is 13.0 Å². The number of hydrogen-bond donors (Lipinski definition) is 2. The number of hydrogen-bond acceptors (Lipinski definition) is 4. The smallest absolute Gasteiger partial charge is 0.191 e. The van der Waals surface area contributed by atoms with E-state index in [0.29, 0.717) is 6.54 Å². The summed E-state index contributed by atoms with van der Waals surface area (Å²) in [6, 6.07) is 0. The Hall–Kier alpha value is -1.14. The minimum Gasteiger partial charge on any atom is -0.357 e. The van der Waals surface area contributed by atoms with E-state index in [-0.39, 0.29) is 0 Å². The van der Waals surface area contributed by atoms with Gasteiger partial charge in [-0.1, -0.05) is 13.8 Å². The van der Waals surface area contributed by atoms with Gasteiger partial charge in [0.1, 0.15) is 5.01 Å². The molecule has 1 unspecified atom stereocenters. The molecule has 2 heterocycles. The number of nitrogens with one attached hydrogen (secondary N) is 2. The van der Waals surface area contributed by atoms with Crippen LogP contribution in [-0.4, -0.2) is 48.6 Å². The monoisotopic (exact) mass is 337 g/mol. The normalized spacial score (nSPS) is 19.8. The summed E-state index contributed by atoms with van der Waals surface area (Å²) in [7, 11) is 0. The van der Waals surface area contributed by atoms with Crippen LogP contribution >= 0.6 is 11.3 Å². The number of piperidine rings is 1. The Kier molecular flexibility index (Phi) is 7.82. The lowest BCUT2D eigenvalue weighted by Gasteiger charge is -2.30. The highest BCUT2D eigenvalue weighted by Gasteiger charge is 2.15. The molecule has 2 N–H and O–H groups in total. The summed E-state index contributed by atoms with van der Waals surface area (Å²) in [5, 5.41) is 7.85. The first kappa shape index (κ1) is 18.2. The van der Waals surface area contributed by atoms with E-state index in [1.807, 2.05) is 6.20 Å². The molecule has 1 saturated heterocycles. The predicted octanol–water partition coefficient (Wildman–Crippen LogP) is 2.49. The number of aromatic nitrogens is 1. The quantitative estimate of drug-likeness (QED) is 0.593. The van der Waals surface area contributed by atoms with Crippen LogP contribution in [0, 0.1) is 5.92 Å². The molecule has 1 aromatic rings. The van der Waals surface area contributed by atoms with Crippen molar-refractivity contribution in [2.45, 2.75) is 46.6 Å². The minimum atomic E-state index is 0.654. The standard InChI is InChI=1S/C17H31N5S/c1-4-15-11-20-16(23-15)12-21-17(18-5-2)19-8-10-22-9-6-7-14(3)13-22/h11,14H,4-10,12-13H2,1-3H3,(H2,18,19,21). The molecule has 0 radical (unpaired) electrons. The van der Waals surface area contributed by atoms with Crippen molar-refractivity contribution in [2.75, 3.05) is 32.7 Å². The van der Waals surface area contributed by atoms with Crippen LogP contribution in [0.1, 0.15) is 43.5 Å². The van der Waals surface area contributed by atoms with Gasteiger partial charge in [0.25, 0.3) is 0 Å². The zero-order valence-corrected chi connectivity index (χ0v) is 15.6.